The fraction of sp³-hybridized carbons (Fsp3) is 0.765. The number of piperazine rings is 1. The number of nitrogens with one attached hydrogen (secondary N) is 1. The van der Waals surface area contributed by atoms with E-state index in [0.29, 0.717) is 12.1 Å². The van der Waals surface area contributed by atoms with Crippen LogP contribution in [0.15, 0.2) is 16.5 Å². The Kier molecular flexibility index (Phi) is 4.47. The molecule has 0 amide bonds. The Hall–Kier alpha value is -0.800. The lowest BCUT2D eigenvalue weighted by atomic mass is 9.83. The Morgan fingerprint density at radius 1 is 1.25 bits per heavy atom. The van der Waals surface area contributed by atoms with E-state index in [1.807, 2.05) is 6.92 Å². The molecule has 0 bridgehead atoms. The molecule has 3 heteroatoms. The predicted molar refractivity (Wildman–Crippen MR) is 81.8 cm³/mol. The van der Waals surface area contributed by atoms with Gasteiger partial charge in [-0.15, -0.1) is 0 Å². The van der Waals surface area contributed by atoms with Crippen LogP contribution in [0.3, 0.4) is 0 Å². The molecule has 2 aliphatic rings. The van der Waals surface area contributed by atoms with Crippen LogP contribution in [-0.2, 0) is 0 Å². The molecule has 1 aliphatic carbocycles. The minimum absolute atomic E-state index is 0.400. The number of aryl methyl sites for hydroxylation is 1. The van der Waals surface area contributed by atoms with Crippen molar-refractivity contribution in [2.24, 2.45) is 5.92 Å². The zero-order chi connectivity index (χ0) is 13.9. The van der Waals surface area contributed by atoms with Crippen molar-refractivity contribution < 1.29 is 4.42 Å². The molecule has 2 heterocycles. The molecule has 0 spiro atoms. The smallest absolute Gasteiger partial charge is 0.121 e. The highest BCUT2D eigenvalue weighted by molar-refractivity contribution is 5.09. The highest BCUT2D eigenvalue weighted by atomic mass is 16.3. The molecule has 1 N–H and O–H groups in total. The van der Waals surface area contributed by atoms with E-state index < -0.39 is 0 Å². The van der Waals surface area contributed by atoms with Crippen LogP contribution in [0, 0.1) is 12.8 Å². The number of rotatable bonds is 3. The van der Waals surface area contributed by atoms with Crippen LogP contribution in [0.25, 0.3) is 0 Å². The van der Waals surface area contributed by atoms with E-state index in [1.165, 1.54) is 38.6 Å². The number of nitrogens with zero attached hydrogens (tertiary/aromatic N) is 1. The summed E-state index contributed by atoms with van der Waals surface area (Å²) >= 11 is 0. The van der Waals surface area contributed by atoms with Crippen molar-refractivity contribution in [1.29, 1.82) is 0 Å². The van der Waals surface area contributed by atoms with Crippen LogP contribution in [-0.4, -0.2) is 30.6 Å². The molecule has 0 radical (unpaired) electrons. The lowest BCUT2D eigenvalue weighted by Gasteiger charge is -2.41. The van der Waals surface area contributed by atoms with Crippen molar-refractivity contribution in [1.82, 2.24) is 10.2 Å². The zero-order valence-electron chi connectivity index (χ0n) is 12.9. The van der Waals surface area contributed by atoms with Gasteiger partial charge in [0, 0.05) is 25.7 Å². The molecular weight excluding hydrogens is 248 g/mol. The fourth-order valence-electron chi connectivity index (χ4n) is 3.86. The molecule has 3 rings (SSSR count). The summed E-state index contributed by atoms with van der Waals surface area (Å²) in [6, 6.07) is 5.30. The van der Waals surface area contributed by atoms with Crippen molar-refractivity contribution in [3.8, 4) is 0 Å². The minimum Gasteiger partial charge on any atom is -0.465 e. The topological polar surface area (TPSA) is 28.4 Å². The van der Waals surface area contributed by atoms with Gasteiger partial charge >= 0.3 is 0 Å². The summed E-state index contributed by atoms with van der Waals surface area (Å²) < 4.78 is 5.82. The van der Waals surface area contributed by atoms with Gasteiger partial charge in [-0.05, 0) is 44.7 Å². The molecule has 1 aliphatic heterocycles. The second kappa shape index (κ2) is 6.31. The molecule has 2 atom stereocenters. The second-order valence-electron chi connectivity index (χ2n) is 6.58. The quantitative estimate of drug-likeness (QED) is 0.916. The van der Waals surface area contributed by atoms with Crippen LogP contribution in [0.2, 0.25) is 0 Å². The molecule has 1 saturated carbocycles. The third kappa shape index (κ3) is 3.09. The Labute approximate surface area is 122 Å². The highest BCUT2D eigenvalue weighted by Gasteiger charge is 2.30. The van der Waals surface area contributed by atoms with Gasteiger partial charge in [0.15, 0.2) is 0 Å². The molecule has 2 unspecified atom stereocenters. The summed E-state index contributed by atoms with van der Waals surface area (Å²) in [6.07, 6.45) is 7.13. The molecule has 2 fully saturated rings. The molecule has 1 aromatic heterocycles. The molecule has 1 saturated heterocycles. The zero-order valence-corrected chi connectivity index (χ0v) is 12.9. The maximum Gasteiger partial charge on any atom is 0.121 e. The summed E-state index contributed by atoms with van der Waals surface area (Å²) in [6.45, 7) is 7.72. The SMILES string of the molecule is Cc1ccc(C(C)N2CCNC(C3CCCCC3)C2)o1. The van der Waals surface area contributed by atoms with Crippen molar-refractivity contribution in [3.05, 3.63) is 23.7 Å². The standard InChI is InChI=1S/C17H28N2O/c1-13-8-9-17(20-13)14(2)19-11-10-18-16(12-19)15-6-4-3-5-7-15/h8-9,14-16,18H,3-7,10-12H2,1-2H3. The Morgan fingerprint density at radius 3 is 2.75 bits per heavy atom. The van der Waals surface area contributed by atoms with Crippen LogP contribution in [0.5, 0.6) is 0 Å². The molecule has 3 nitrogen and oxygen atoms in total. The fourth-order valence-corrected chi connectivity index (χ4v) is 3.86. The van der Waals surface area contributed by atoms with Gasteiger partial charge in [-0.25, -0.2) is 0 Å². The molecule has 20 heavy (non-hydrogen) atoms. The maximum atomic E-state index is 5.82. The monoisotopic (exact) mass is 276 g/mol. The van der Waals surface area contributed by atoms with Gasteiger partial charge in [0.25, 0.3) is 0 Å². The molecule has 0 aromatic carbocycles. The van der Waals surface area contributed by atoms with E-state index in [0.717, 1.165) is 30.5 Å². The van der Waals surface area contributed by atoms with E-state index >= 15 is 0 Å². The normalized spacial score (nSPS) is 27.6. The van der Waals surface area contributed by atoms with Crippen LogP contribution in [0.4, 0.5) is 0 Å². The lowest BCUT2D eigenvalue weighted by Crippen LogP contribution is -2.54. The van der Waals surface area contributed by atoms with E-state index in [1.54, 1.807) is 0 Å². The largest absolute Gasteiger partial charge is 0.465 e. The van der Waals surface area contributed by atoms with Gasteiger partial charge in [0.1, 0.15) is 11.5 Å². The Balaban J connectivity index is 1.62. The minimum atomic E-state index is 0.400. The summed E-state index contributed by atoms with van der Waals surface area (Å²) in [4.78, 5) is 2.59. The summed E-state index contributed by atoms with van der Waals surface area (Å²) in [5.74, 6) is 3.02. The van der Waals surface area contributed by atoms with Crippen molar-refractivity contribution in [3.63, 3.8) is 0 Å². The average molecular weight is 276 g/mol. The Morgan fingerprint density at radius 2 is 2.05 bits per heavy atom. The van der Waals surface area contributed by atoms with Gasteiger partial charge in [0.2, 0.25) is 0 Å². The van der Waals surface area contributed by atoms with E-state index in [9.17, 15) is 0 Å². The Bertz CT molecular complexity index is 422. The van der Waals surface area contributed by atoms with E-state index in [-0.39, 0.29) is 0 Å². The van der Waals surface area contributed by atoms with E-state index in [4.69, 9.17) is 4.42 Å². The first-order chi connectivity index (χ1) is 9.74. The summed E-state index contributed by atoms with van der Waals surface area (Å²) in [5.41, 5.74) is 0. The molecule has 112 valence electrons. The highest BCUT2D eigenvalue weighted by Crippen LogP contribution is 2.30. The first-order valence-corrected chi connectivity index (χ1v) is 8.28. The second-order valence-corrected chi connectivity index (χ2v) is 6.58. The lowest BCUT2D eigenvalue weighted by molar-refractivity contribution is 0.105. The third-order valence-corrected chi connectivity index (χ3v) is 5.18. The average Bonchev–Trinajstić information content (AvgIpc) is 2.94. The van der Waals surface area contributed by atoms with Gasteiger partial charge in [-0.3, -0.25) is 4.90 Å². The number of hydrogen-bond acceptors (Lipinski definition) is 3. The van der Waals surface area contributed by atoms with Gasteiger partial charge in [0.05, 0.1) is 6.04 Å². The molecule has 1 aromatic rings. The van der Waals surface area contributed by atoms with Crippen LogP contribution < -0.4 is 5.32 Å². The van der Waals surface area contributed by atoms with Gasteiger partial charge in [-0.1, -0.05) is 19.3 Å². The van der Waals surface area contributed by atoms with Crippen molar-refractivity contribution in [2.75, 3.05) is 19.6 Å². The van der Waals surface area contributed by atoms with Crippen molar-refractivity contribution >= 4 is 0 Å². The maximum absolute atomic E-state index is 5.82. The third-order valence-electron chi connectivity index (χ3n) is 5.18. The summed E-state index contributed by atoms with van der Waals surface area (Å²) in [5, 5.41) is 3.76. The first kappa shape index (κ1) is 14.2. The molecular formula is C17H28N2O. The summed E-state index contributed by atoms with van der Waals surface area (Å²) in [7, 11) is 0. The van der Waals surface area contributed by atoms with Gasteiger partial charge in [-0.2, -0.15) is 0 Å². The van der Waals surface area contributed by atoms with Gasteiger partial charge < -0.3 is 9.73 Å². The van der Waals surface area contributed by atoms with Crippen LogP contribution in [0.1, 0.15) is 56.6 Å². The predicted octanol–water partition coefficient (Wildman–Crippen LogP) is 3.50. The number of hydrogen-bond donors (Lipinski definition) is 1. The van der Waals surface area contributed by atoms with E-state index in [2.05, 4.69) is 29.3 Å². The first-order valence-electron chi connectivity index (χ1n) is 8.28. The van der Waals surface area contributed by atoms with Crippen molar-refractivity contribution in [2.45, 2.75) is 58.0 Å². The van der Waals surface area contributed by atoms with Crippen LogP contribution >= 0.6 is 0 Å². The number of furan rings is 1.